The molecule has 0 N–H and O–H groups in total. The molecule has 0 aromatic heterocycles. The SMILES string of the molecule is CCCCCCCCCCCCCCC1N(CC)C=CN1CCCCC. The van der Waals surface area contributed by atoms with Crippen molar-refractivity contribution in [1.29, 1.82) is 0 Å². The molecule has 0 aliphatic carbocycles. The molecule has 0 spiro atoms. The van der Waals surface area contributed by atoms with Gasteiger partial charge in [0.1, 0.15) is 6.17 Å². The molecule has 1 rings (SSSR count). The van der Waals surface area contributed by atoms with E-state index in [9.17, 15) is 0 Å². The third kappa shape index (κ3) is 10.5. The first-order valence-corrected chi connectivity index (χ1v) is 12.0. The summed E-state index contributed by atoms with van der Waals surface area (Å²) >= 11 is 0. The Morgan fingerprint density at radius 2 is 1.00 bits per heavy atom. The van der Waals surface area contributed by atoms with Gasteiger partial charge in [0, 0.05) is 25.5 Å². The minimum atomic E-state index is 0.639. The van der Waals surface area contributed by atoms with Crippen LogP contribution in [0.25, 0.3) is 0 Å². The first-order chi connectivity index (χ1) is 12.8. The molecular weight excluding hydrogens is 316 g/mol. The van der Waals surface area contributed by atoms with Crippen LogP contribution in [0.4, 0.5) is 0 Å². The van der Waals surface area contributed by atoms with E-state index in [0.717, 1.165) is 6.54 Å². The van der Waals surface area contributed by atoms with E-state index in [-0.39, 0.29) is 0 Å². The van der Waals surface area contributed by atoms with Gasteiger partial charge >= 0.3 is 0 Å². The Balaban J connectivity index is 1.99. The van der Waals surface area contributed by atoms with Crippen LogP contribution in [-0.2, 0) is 0 Å². The maximum atomic E-state index is 2.59. The quantitative estimate of drug-likeness (QED) is 0.230. The van der Waals surface area contributed by atoms with E-state index in [2.05, 4.69) is 43.0 Å². The molecule has 0 radical (unpaired) electrons. The van der Waals surface area contributed by atoms with Gasteiger partial charge in [0.05, 0.1) is 0 Å². The van der Waals surface area contributed by atoms with Crippen molar-refractivity contribution >= 4 is 0 Å². The van der Waals surface area contributed by atoms with Crippen LogP contribution in [0.1, 0.15) is 124 Å². The summed E-state index contributed by atoms with van der Waals surface area (Å²) in [4.78, 5) is 5.13. The van der Waals surface area contributed by atoms with Gasteiger partial charge in [-0.2, -0.15) is 0 Å². The maximum Gasteiger partial charge on any atom is 0.101 e. The first-order valence-electron chi connectivity index (χ1n) is 12.0. The summed E-state index contributed by atoms with van der Waals surface area (Å²) in [5.41, 5.74) is 0. The van der Waals surface area contributed by atoms with Gasteiger partial charge < -0.3 is 9.80 Å². The second kappa shape index (κ2) is 16.5. The highest BCUT2D eigenvalue weighted by molar-refractivity contribution is 4.96. The van der Waals surface area contributed by atoms with Gasteiger partial charge in [-0.1, -0.05) is 97.3 Å². The Kier molecular flexibility index (Phi) is 14.8. The van der Waals surface area contributed by atoms with Crippen molar-refractivity contribution in [2.24, 2.45) is 0 Å². The Bertz CT molecular complexity index is 326. The average Bonchev–Trinajstić information content (AvgIpc) is 3.05. The Hall–Kier alpha value is -0.660. The van der Waals surface area contributed by atoms with Crippen LogP contribution in [0.5, 0.6) is 0 Å². The molecule has 0 aromatic rings. The van der Waals surface area contributed by atoms with E-state index >= 15 is 0 Å². The Morgan fingerprint density at radius 1 is 0.538 bits per heavy atom. The van der Waals surface area contributed by atoms with Gasteiger partial charge in [0.15, 0.2) is 0 Å². The van der Waals surface area contributed by atoms with Gasteiger partial charge in [0.25, 0.3) is 0 Å². The van der Waals surface area contributed by atoms with Crippen molar-refractivity contribution < 1.29 is 0 Å². The number of hydrogen-bond acceptors (Lipinski definition) is 2. The minimum absolute atomic E-state index is 0.639. The van der Waals surface area contributed by atoms with Crippen LogP contribution in [0.2, 0.25) is 0 Å². The van der Waals surface area contributed by atoms with Crippen molar-refractivity contribution in [3.05, 3.63) is 12.4 Å². The number of rotatable bonds is 18. The van der Waals surface area contributed by atoms with E-state index < -0.39 is 0 Å². The van der Waals surface area contributed by atoms with Crippen LogP contribution in [0.15, 0.2) is 12.4 Å². The Labute approximate surface area is 165 Å². The predicted molar refractivity (Wildman–Crippen MR) is 117 cm³/mol. The highest BCUT2D eigenvalue weighted by Gasteiger charge is 2.23. The number of nitrogens with zero attached hydrogens (tertiary/aromatic N) is 2. The summed E-state index contributed by atoms with van der Waals surface area (Å²) in [5, 5.41) is 0. The maximum absolute atomic E-state index is 2.59. The largest absolute Gasteiger partial charge is 0.356 e. The fourth-order valence-electron chi connectivity index (χ4n) is 4.14. The van der Waals surface area contributed by atoms with Crippen LogP contribution in [0.3, 0.4) is 0 Å². The monoisotopic (exact) mass is 364 g/mol. The second-order valence-corrected chi connectivity index (χ2v) is 8.23. The Morgan fingerprint density at radius 3 is 1.54 bits per heavy atom. The zero-order chi connectivity index (χ0) is 18.9. The molecule has 0 saturated heterocycles. The summed E-state index contributed by atoms with van der Waals surface area (Å²) in [6, 6.07) is 0. The third-order valence-corrected chi connectivity index (χ3v) is 5.92. The number of unbranched alkanes of at least 4 members (excludes halogenated alkanes) is 13. The smallest absolute Gasteiger partial charge is 0.101 e. The lowest BCUT2D eigenvalue weighted by molar-refractivity contribution is 0.142. The zero-order valence-electron chi connectivity index (χ0n) is 18.4. The third-order valence-electron chi connectivity index (χ3n) is 5.92. The van der Waals surface area contributed by atoms with Crippen molar-refractivity contribution in [2.75, 3.05) is 13.1 Å². The summed E-state index contributed by atoms with van der Waals surface area (Å²) in [6.45, 7) is 9.26. The summed E-state index contributed by atoms with van der Waals surface area (Å²) in [5.74, 6) is 0. The van der Waals surface area contributed by atoms with E-state index in [1.807, 2.05) is 0 Å². The lowest BCUT2D eigenvalue weighted by atomic mass is 10.0. The molecule has 1 aliphatic heterocycles. The van der Waals surface area contributed by atoms with E-state index in [1.165, 1.54) is 109 Å². The van der Waals surface area contributed by atoms with E-state index in [4.69, 9.17) is 0 Å². The molecular formula is C24H48N2. The molecule has 1 aliphatic rings. The molecule has 1 atom stereocenters. The van der Waals surface area contributed by atoms with Crippen LogP contribution >= 0.6 is 0 Å². The zero-order valence-corrected chi connectivity index (χ0v) is 18.4. The van der Waals surface area contributed by atoms with Gasteiger partial charge in [-0.3, -0.25) is 0 Å². The van der Waals surface area contributed by atoms with Gasteiger partial charge in [-0.25, -0.2) is 0 Å². The molecule has 0 amide bonds. The standard InChI is InChI=1S/C24H48N2/c1-4-7-9-10-11-12-13-14-15-16-17-18-20-24-25(6-3)22-23-26(24)21-19-8-5-2/h22-24H,4-21H2,1-3H3. The first kappa shape index (κ1) is 23.4. The normalized spacial score (nSPS) is 16.8. The van der Waals surface area contributed by atoms with Crippen LogP contribution in [-0.4, -0.2) is 29.1 Å². The summed E-state index contributed by atoms with van der Waals surface area (Å²) in [6.07, 6.45) is 27.9. The van der Waals surface area contributed by atoms with E-state index in [1.54, 1.807) is 0 Å². The number of hydrogen-bond donors (Lipinski definition) is 0. The lowest BCUT2D eigenvalue weighted by Gasteiger charge is -2.32. The topological polar surface area (TPSA) is 6.48 Å². The molecule has 2 nitrogen and oxygen atoms in total. The fraction of sp³-hybridized carbons (Fsp3) is 0.917. The molecule has 0 fully saturated rings. The van der Waals surface area contributed by atoms with Crippen molar-refractivity contribution in [2.45, 2.75) is 130 Å². The fourth-order valence-corrected chi connectivity index (χ4v) is 4.14. The van der Waals surface area contributed by atoms with Crippen molar-refractivity contribution in [3.8, 4) is 0 Å². The molecule has 0 aromatic carbocycles. The summed E-state index contributed by atoms with van der Waals surface area (Å²) < 4.78 is 0. The van der Waals surface area contributed by atoms with Crippen molar-refractivity contribution in [1.82, 2.24) is 9.80 Å². The van der Waals surface area contributed by atoms with Crippen LogP contribution in [0, 0.1) is 0 Å². The molecule has 0 bridgehead atoms. The molecule has 154 valence electrons. The molecule has 1 heterocycles. The second-order valence-electron chi connectivity index (χ2n) is 8.23. The van der Waals surface area contributed by atoms with E-state index in [0.29, 0.717) is 6.17 Å². The summed E-state index contributed by atoms with van der Waals surface area (Å²) in [7, 11) is 0. The molecule has 26 heavy (non-hydrogen) atoms. The van der Waals surface area contributed by atoms with Crippen molar-refractivity contribution in [3.63, 3.8) is 0 Å². The lowest BCUT2D eigenvalue weighted by Crippen LogP contribution is -2.38. The average molecular weight is 365 g/mol. The molecule has 2 heteroatoms. The van der Waals surface area contributed by atoms with Gasteiger partial charge in [-0.15, -0.1) is 0 Å². The minimum Gasteiger partial charge on any atom is -0.356 e. The van der Waals surface area contributed by atoms with Crippen LogP contribution < -0.4 is 0 Å². The molecule has 1 unspecified atom stereocenters. The van der Waals surface area contributed by atoms with Gasteiger partial charge in [-0.05, 0) is 26.2 Å². The van der Waals surface area contributed by atoms with Gasteiger partial charge in [0.2, 0.25) is 0 Å². The predicted octanol–water partition coefficient (Wildman–Crippen LogP) is 7.70. The molecule has 0 saturated carbocycles. The highest BCUT2D eigenvalue weighted by atomic mass is 15.4. The highest BCUT2D eigenvalue weighted by Crippen LogP contribution is 2.22.